The van der Waals surface area contributed by atoms with Gasteiger partial charge >= 0.3 is 0 Å². The molecule has 140 valence electrons. The number of benzene rings is 1. The van der Waals surface area contributed by atoms with Crippen LogP contribution in [0.4, 0.5) is 0 Å². The van der Waals surface area contributed by atoms with Gasteiger partial charge in [0.15, 0.2) is 0 Å². The van der Waals surface area contributed by atoms with E-state index in [1.165, 1.54) is 23.9 Å². The molecule has 7 heteroatoms. The molecule has 1 amide bonds. The molecule has 0 radical (unpaired) electrons. The number of aromatic amines is 1. The molecule has 3 N–H and O–H groups in total. The predicted molar refractivity (Wildman–Crippen MR) is 110 cm³/mol. The van der Waals surface area contributed by atoms with Gasteiger partial charge in [-0.3, -0.25) is 9.59 Å². The molecule has 0 fully saturated rings. The van der Waals surface area contributed by atoms with Crippen LogP contribution >= 0.6 is 22.9 Å². The summed E-state index contributed by atoms with van der Waals surface area (Å²) in [6.45, 7) is 2.68. The Bertz CT molecular complexity index is 992. The minimum absolute atomic E-state index is 0.157. The van der Waals surface area contributed by atoms with Gasteiger partial charge in [0.1, 0.15) is 0 Å². The van der Waals surface area contributed by atoms with Gasteiger partial charge in [0.2, 0.25) is 5.56 Å². The van der Waals surface area contributed by atoms with Gasteiger partial charge in [-0.25, -0.2) is 0 Å². The van der Waals surface area contributed by atoms with Crippen molar-refractivity contribution < 1.29 is 4.79 Å². The summed E-state index contributed by atoms with van der Waals surface area (Å²) in [5.74, 6) is -0.229. The van der Waals surface area contributed by atoms with Crippen LogP contribution in [0.25, 0.3) is 10.4 Å². The topological polar surface area (TPSA) is 74.0 Å². The van der Waals surface area contributed by atoms with E-state index in [4.69, 9.17) is 11.6 Å². The number of thiophene rings is 1. The van der Waals surface area contributed by atoms with Crippen molar-refractivity contribution in [3.8, 4) is 10.4 Å². The maximum Gasteiger partial charge on any atom is 0.253 e. The molecule has 0 unspecified atom stereocenters. The summed E-state index contributed by atoms with van der Waals surface area (Å²) in [6, 6.07) is 12.6. The van der Waals surface area contributed by atoms with Gasteiger partial charge in [-0.05, 0) is 55.4 Å². The second-order valence-corrected chi connectivity index (χ2v) is 7.72. The second-order valence-electron chi connectivity index (χ2n) is 6.17. The number of halogens is 1. The summed E-state index contributed by atoms with van der Waals surface area (Å²) in [4.78, 5) is 28.1. The van der Waals surface area contributed by atoms with Crippen molar-refractivity contribution in [2.45, 2.75) is 19.5 Å². The van der Waals surface area contributed by atoms with Crippen LogP contribution in [-0.2, 0) is 6.54 Å². The molecule has 3 rings (SSSR count). The molecule has 5 nitrogen and oxygen atoms in total. The number of H-pyrrole nitrogens is 1. The zero-order chi connectivity index (χ0) is 19.4. The molecule has 0 spiro atoms. The first-order valence-electron chi connectivity index (χ1n) is 8.50. The first kappa shape index (κ1) is 19.4. The number of carbonyl (C=O) groups excluding carboxylic acids is 1. The molecule has 0 bridgehead atoms. The predicted octanol–water partition coefficient (Wildman–Crippen LogP) is 3.97. The van der Waals surface area contributed by atoms with E-state index < -0.39 is 0 Å². The van der Waals surface area contributed by atoms with Crippen LogP contribution in [0, 0.1) is 0 Å². The summed E-state index contributed by atoms with van der Waals surface area (Å²) >= 11 is 7.81. The number of hydrogen-bond donors (Lipinski definition) is 3. The smallest absolute Gasteiger partial charge is 0.253 e. The third kappa shape index (κ3) is 4.66. The number of aromatic nitrogens is 1. The first-order valence-corrected chi connectivity index (χ1v) is 9.70. The lowest BCUT2D eigenvalue weighted by Gasteiger charge is -2.12. The largest absolute Gasteiger partial charge is 0.345 e. The Kier molecular flexibility index (Phi) is 6.11. The van der Waals surface area contributed by atoms with Gasteiger partial charge in [-0.2, -0.15) is 0 Å². The highest BCUT2D eigenvalue weighted by Gasteiger charge is 2.15. The lowest BCUT2D eigenvalue weighted by Crippen LogP contribution is -2.26. The van der Waals surface area contributed by atoms with E-state index in [1.807, 2.05) is 44.3 Å². The Labute approximate surface area is 166 Å². The molecule has 1 atom stereocenters. The molecule has 0 aliphatic carbocycles. The van der Waals surface area contributed by atoms with Crippen molar-refractivity contribution in [2.24, 2.45) is 0 Å². The average molecular weight is 402 g/mol. The number of amides is 1. The summed E-state index contributed by atoms with van der Waals surface area (Å²) < 4.78 is 0. The van der Waals surface area contributed by atoms with E-state index in [2.05, 4.69) is 15.6 Å². The van der Waals surface area contributed by atoms with Crippen molar-refractivity contribution >= 4 is 28.8 Å². The standard InChI is InChI=1S/C20H20ClN3O2S/c1-12(24-20(26)14-4-8-19(25)23-11-14)17-6-7-18(27-17)16-9-15(21)5-3-13(16)10-22-2/h3-9,11-12,22H,10H2,1-2H3,(H,23,25)(H,24,26)/t12-/m1/s1. The number of pyridine rings is 1. The quantitative estimate of drug-likeness (QED) is 0.585. The lowest BCUT2D eigenvalue weighted by atomic mass is 10.1. The molecule has 0 aliphatic heterocycles. The molecule has 1 aromatic carbocycles. The van der Waals surface area contributed by atoms with E-state index in [0.29, 0.717) is 10.6 Å². The number of hydrogen-bond acceptors (Lipinski definition) is 4. The number of nitrogens with one attached hydrogen (secondary N) is 3. The second kappa shape index (κ2) is 8.52. The minimum Gasteiger partial charge on any atom is -0.345 e. The van der Waals surface area contributed by atoms with Crippen molar-refractivity contribution in [3.63, 3.8) is 0 Å². The van der Waals surface area contributed by atoms with Crippen LogP contribution < -0.4 is 16.2 Å². The highest BCUT2D eigenvalue weighted by atomic mass is 35.5. The maximum absolute atomic E-state index is 12.3. The van der Waals surface area contributed by atoms with Gasteiger partial charge in [0.25, 0.3) is 5.91 Å². The summed E-state index contributed by atoms with van der Waals surface area (Å²) in [6.07, 6.45) is 1.42. The molecule has 0 saturated carbocycles. The minimum atomic E-state index is -0.235. The highest BCUT2D eigenvalue weighted by molar-refractivity contribution is 7.15. The van der Waals surface area contributed by atoms with Crippen molar-refractivity contribution in [3.05, 3.63) is 80.0 Å². The third-order valence-corrected chi connectivity index (χ3v) is 5.69. The Morgan fingerprint density at radius 3 is 2.74 bits per heavy atom. The van der Waals surface area contributed by atoms with Gasteiger partial charge in [0, 0.05) is 33.6 Å². The zero-order valence-corrected chi connectivity index (χ0v) is 16.6. The molecular formula is C20H20ClN3O2S. The Morgan fingerprint density at radius 2 is 2.04 bits per heavy atom. The van der Waals surface area contributed by atoms with Gasteiger partial charge in [-0.1, -0.05) is 17.7 Å². The molecule has 0 aliphatic rings. The molecule has 2 aromatic heterocycles. The van der Waals surface area contributed by atoms with E-state index in [0.717, 1.165) is 21.9 Å². The van der Waals surface area contributed by atoms with Gasteiger partial charge in [-0.15, -0.1) is 11.3 Å². The van der Waals surface area contributed by atoms with Crippen LogP contribution in [0.3, 0.4) is 0 Å². The number of rotatable bonds is 6. The molecule has 3 aromatic rings. The molecule has 2 heterocycles. The van der Waals surface area contributed by atoms with Crippen molar-refractivity contribution in [2.75, 3.05) is 7.05 Å². The molecule has 27 heavy (non-hydrogen) atoms. The fourth-order valence-electron chi connectivity index (χ4n) is 2.76. The van der Waals surface area contributed by atoms with Crippen LogP contribution in [0.2, 0.25) is 5.02 Å². The van der Waals surface area contributed by atoms with Crippen LogP contribution in [0.5, 0.6) is 0 Å². The normalized spacial score (nSPS) is 12.0. The molecular weight excluding hydrogens is 382 g/mol. The average Bonchev–Trinajstić information content (AvgIpc) is 3.14. The van der Waals surface area contributed by atoms with Crippen LogP contribution in [0.15, 0.2) is 53.5 Å². The highest BCUT2D eigenvalue weighted by Crippen LogP contribution is 2.35. The summed E-state index contributed by atoms with van der Waals surface area (Å²) in [5.41, 5.74) is 2.44. The SMILES string of the molecule is CNCc1ccc(Cl)cc1-c1ccc([C@@H](C)NC(=O)c2ccc(=O)[nH]c2)s1. The lowest BCUT2D eigenvalue weighted by molar-refractivity contribution is 0.0940. The van der Waals surface area contributed by atoms with Crippen molar-refractivity contribution in [1.29, 1.82) is 0 Å². The zero-order valence-electron chi connectivity index (χ0n) is 15.0. The summed E-state index contributed by atoms with van der Waals surface area (Å²) in [7, 11) is 1.91. The monoisotopic (exact) mass is 401 g/mol. The van der Waals surface area contributed by atoms with Crippen molar-refractivity contribution in [1.82, 2.24) is 15.6 Å². The van der Waals surface area contributed by atoms with Crippen LogP contribution in [-0.4, -0.2) is 17.9 Å². The Balaban J connectivity index is 1.79. The van der Waals surface area contributed by atoms with E-state index >= 15 is 0 Å². The number of carbonyl (C=O) groups is 1. The maximum atomic E-state index is 12.3. The summed E-state index contributed by atoms with van der Waals surface area (Å²) in [5, 5.41) is 6.82. The fourth-order valence-corrected chi connectivity index (χ4v) is 3.99. The molecule has 0 saturated heterocycles. The van der Waals surface area contributed by atoms with E-state index in [9.17, 15) is 9.59 Å². The fraction of sp³-hybridized carbons (Fsp3) is 0.200. The van der Waals surface area contributed by atoms with E-state index in [-0.39, 0.29) is 17.5 Å². The van der Waals surface area contributed by atoms with Gasteiger partial charge in [0.05, 0.1) is 11.6 Å². The van der Waals surface area contributed by atoms with Crippen LogP contribution in [0.1, 0.15) is 33.8 Å². The first-order chi connectivity index (χ1) is 13.0. The Morgan fingerprint density at radius 1 is 1.22 bits per heavy atom. The van der Waals surface area contributed by atoms with E-state index in [1.54, 1.807) is 11.3 Å². The van der Waals surface area contributed by atoms with Gasteiger partial charge < -0.3 is 15.6 Å². The third-order valence-electron chi connectivity index (χ3n) is 4.15. The Hall–Kier alpha value is -2.41.